The average molecular weight is 860 g/mol. The van der Waals surface area contributed by atoms with Crippen molar-refractivity contribution in [2.24, 2.45) is 0 Å². The Morgan fingerprint density at radius 2 is 0.411 bits per heavy atom. The van der Waals surface area contributed by atoms with Gasteiger partial charge in [0.05, 0.1) is 0 Å². The molecule has 0 bridgehead atoms. The molecule has 0 N–H and O–H groups in total. The number of rotatable bonds is 3. The summed E-state index contributed by atoms with van der Waals surface area (Å²) in [5, 5.41) is 0. The van der Waals surface area contributed by atoms with E-state index in [-0.39, 0.29) is 16.8 Å². The van der Waals surface area contributed by atoms with Crippen molar-refractivity contribution in [1.82, 2.24) is 0 Å². The van der Waals surface area contributed by atoms with Crippen LogP contribution in [0.25, 0.3) is 0 Å². The van der Waals surface area contributed by atoms with Crippen LogP contribution in [-0.4, -0.2) is 6.42 Å². The SMILES string of the molecule is Cc1c(C)c(C)[c-](C)c1C.Cc1c(C)c(C)[c-](C)c1C.Fc1c(F)c(F)c([B-](F)(c2c(F)c(F)c(F)c(F)c2F)c2c(F)c(F)c(F)c(F)c2F)c(F)c1F.[Co+3]. The summed E-state index contributed by atoms with van der Waals surface area (Å²) in [6.45, 7) is 22.0. The Balaban J connectivity index is 0.000000417. The first-order valence-corrected chi connectivity index (χ1v) is 15.9. The third-order valence-corrected chi connectivity index (χ3v) is 10.5. The summed E-state index contributed by atoms with van der Waals surface area (Å²) in [4.78, 5) is 0. The first kappa shape index (κ1) is 48.0. The summed E-state index contributed by atoms with van der Waals surface area (Å²) in [5.74, 6) is -49.3. The number of hydrogen-bond acceptors (Lipinski definition) is 0. The summed E-state index contributed by atoms with van der Waals surface area (Å²) in [6, 6.07) is 0. The minimum absolute atomic E-state index is 0. The molecule has 0 amide bonds. The zero-order valence-corrected chi connectivity index (χ0v) is 32.0. The Bertz CT molecular complexity index is 1880. The quantitative estimate of drug-likeness (QED) is 0.0558. The zero-order chi connectivity index (χ0) is 42.7. The van der Waals surface area contributed by atoms with Crippen molar-refractivity contribution in [3.05, 3.63) is 143 Å². The second-order valence-electron chi connectivity index (χ2n) is 13.0. The maximum Gasteiger partial charge on any atom is 3.00 e. The van der Waals surface area contributed by atoms with E-state index in [2.05, 4.69) is 69.2 Å². The molecule has 0 atom stereocenters. The van der Waals surface area contributed by atoms with Crippen molar-refractivity contribution < 1.29 is 87.0 Å². The van der Waals surface area contributed by atoms with Crippen molar-refractivity contribution in [3.8, 4) is 0 Å². The van der Waals surface area contributed by atoms with Crippen molar-refractivity contribution in [2.75, 3.05) is 0 Å². The van der Waals surface area contributed by atoms with E-state index in [9.17, 15) is 65.9 Å². The van der Waals surface area contributed by atoms with Gasteiger partial charge in [-0.25, -0.2) is 65.9 Å². The summed E-state index contributed by atoms with van der Waals surface area (Å²) >= 11 is 0. The van der Waals surface area contributed by atoms with E-state index < -0.39 is 110 Å². The van der Waals surface area contributed by atoms with E-state index in [0.29, 0.717) is 0 Å². The predicted octanol–water partition coefficient (Wildman–Crippen LogP) is 10.6. The van der Waals surface area contributed by atoms with Gasteiger partial charge in [0.1, 0.15) is 34.9 Å². The Labute approximate surface area is 321 Å². The van der Waals surface area contributed by atoms with Crippen LogP contribution in [0.4, 0.5) is 70.2 Å². The van der Waals surface area contributed by atoms with Gasteiger partial charge in [0.25, 0.3) is 6.42 Å². The topological polar surface area (TPSA) is 0 Å². The van der Waals surface area contributed by atoms with Gasteiger partial charge in [0.2, 0.25) is 0 Å². The van der Waals surface area contributed by atoms with Crippen LogP contribution in [-0.2, 0) is 16.8 Å². The van der Waals surface area contributed by atoms with Crippen LogP contribution >= 0.6 is 0 Å². The monoisotopic (exact) mass is 860 g/mol. The maximum absolute atomic E-state index is 16.3. The van der Waals surface area contributed by atoms with Crippen LogP contribution in [0.15, 0.2) is 0 Å². The summed E-state index contributed by atoms with van der Waals surface area (Å²) in [7, 11) is 0. The minimum atomic E-state index is -6.91. The molecule has 306 valence electrons. The van der Waals surface area contributed by atoms with Crippen molar-refractivity contribution in [1.29, 1.82) is 0 Å². The van der Waals surface area contributed by atoms with Crippen molar-refractivity contribution in [3.63, 3.8) is 0 Å². The van der Waals surface area contributed by atoms with Gasteiger partial charge in [-0.3, -0.25) is 0 Å². The molecule has 0 nitrogen and oxygen atoms in total. The van der Waals surface area contributed by atoms with E-state index in [0.717, 1.165) is 0 Å². The second kappa shape index (κ2) is 17.1. The van der Waals surface area contributed by atoms with Gasteiger partial charge < -0.3 is 4.32 Å². The normalized spacial score (nSPS) is 11.2. The van der Waals surface area contributed by atoms with Crippen LogP contribution < -0.4 is 16.4 Å². The Kier molecular flexibility index (Phi) is 14.7. The molecule has 0 heterocycles. The number of benzene rings is 3. The molecule has 0 fully saturated rings. The van der Waals surface area contributed by atoms with Crippen LogP contribution in [0, 0.1) is 156 Å². The molecule has 18 heteroatoms. The summed E-state index contributed by atoms with van der Waals surface area (Å²) in [6.07, 6.45) is -6.91. The van der Waals surface area contributed by atoms with Crippen LogP contribution in [0.2, 0.25) is 0 Å². The maximum atomic E-state index is 16.3. The van der Waals surface area contributed by atoms with Gasteiger partial charge in [-0.15, -0.1) is 0 Å². The van der Waals surface area contributed by atoms with Crippen LogP contribution in [0.5, 0.6) is 0 Å². The number of hydrogen-bond donors (Lipinski definition) is 0. The molecule has 0 saturated heterocycles. The molecule has 0 aliphatic rings. The molecule has 0 aromatic heterocycles. The molecule has 5 rings (SSSR count). The van der Waals surface area contributed by atoms with Gasteiger partial charge in [-0.2, -0.15) is 55.6 Å². The number of halogens is 16. The van der Waals surface area contributed by atoms with Crippen LogP contribution in [0.3, 0.4) is 0 Å². The van der Waals surface area contributed by atoms with E-state index in [1.165, 1.54) is 55.6 Å². The fraction of sp³-hybridized carbons (Fsp3) is 0.263. The van der Waals surface area contributed by atoms with E-state index in [4.69, 9.17) is 0 Å². The predicted molar refractivity (Wildman–Crippen MR) is 176 cm³/mol. The van der Waals surface area contributed by atoms with Gasteiger partial charge in [-0.1, -0.05) is 85.6 Å². The van der Waals surface area contributed by atoms with Gasteiger partial charge in [0, 0.05) is 0 Å². The second-order valence-corrected chi connectivity index (χ2v) is 13.0. The third kappa shape index (κ3) is 7.50. The molecule has 0 unspecified atom stereocenters. The third-order valence-electron chi connectivity index (χ3n) is 10.5. The molecule has 0 aliphatic heterocycles. The van der Waals surface area contributed by atoms with E-state index in [1.807, 2.05) is 0 Å². The smallest absolute Gasteiger partial charge is 0.498 e. The van der Waals surface area contributed by atoms with Crippen LogP contribution in [0.1, 0.15) is 55.6 Å². The van der Waals surface area contributed by atoms with Gasteiger partial charge in [0.15, 0.2) is 52.4 Å². The standard InChI is InChI=1S/C18BF16.2C10H15.Co/c20-4-1(5(21)11(27)16(32)10(4)26)19(35,2-6(22)12(28)17(33)13(29)7(2)23)3-8(24)14(30)18(34)15(31)9(3)25;2*1-6-7(2)9(4)10(5)8(6)3;/h;2*1-5H3;/q3*-1;+3. The van der Waals surface area contributed by atoms with Gasteiger partial charge >= 0.3 is 16.8 Å². The first-order chi connectivity index (χ1) is 25.1. The van der Waals surface area contributed by atoms with Crippen molar-refractivity contribution in [2.45, 2.75) is 69.2 Å². The first-order valence-electron chi connectivity index (χ1n) is 15.9. The zero-order valence-electron chi connectivity index (χ0n) is 31.0. The molecular formula is C38H30BCoF16. The van der Waals surface area contributed by atoms with Crippen molar-refractivity contribution >= 4 is 22.8 Å². The van der Waals surface area contributed by atoms with E-state index >= 15 is 4.32 Å². The molecular weight excluding hydrogens is 830 g/mol. The average Bonchev–Trinajstić information content (AvgIpc) is 3.42. The largest absolute Gasteiger partial charge is 3.00 e. The molecule has 0 saturated carbocycles. The van der Waals surface area contributed by atoms with E-state index in [1.54, 1.807) is 0 Å². The Morgan fingerprint density at radius 3 is 0.518 bits per heavy atom. The molecule has 5 aromatic rings. The molecule has 0 aliphatic carbocycles. The fourth-order valence-electron chi connectivity index (χ4n) is 6.16. The molecule has 0 radical (unpaired) electrons. The Hall–Kier alpha value is -4.19. The molecule has 0 spiro atoms. The Morgan fingerprint density at radius 1 is 0.286 bits per heavy atom. The summed E-state index contributed by atoms with van der Waals surface area (Å²) < 4.78 is 225. The molecule has 56 heavy (non-hydrogen) atoms. The molecule has 5 aromatic carbocycles. The summed E-state index contributed by atoms with van der Waals surface area (Å²) in [5.41, 5.74) is 4.78. The minimum Gasteiger partial charge on any atom is -0.498 e. The fourth-order valence-corrected chi connectivity index (χ4v) is 6.16. The van der Waals surface area contributed by atoms with Gasteiger partial charge in [-0.05, 0) is 0 Å².